The van der Waals surface area contributed by atoms with E-state index >= 15 is 0 Å². The highest BCUT2D eigenvalue weighted by Gasteiger charge is 2.28. The van der Waals surface area contributed by atoms with Crippen LogP contribution in [0.15, 0.2) is 21.6 Å². The van der Waals surface area contributed by atoms with Gasteiger partial charge in [0.2, 0.25) is 5.09 Å². The number of rotatable bonds is 5. The Balaban J connectivity index is 1.96. The fraction of sp³-hybridized carbons (Fsp3) is 0.545. The highest BCUT2D eigenvalue weighted by molar-refractivity contribution is 7.91. The van der Waals surface area contributed by atoms with Crippen molar-refractivity contribution in [3.63, 3.8) is 0 Å². The van der Waals surface area contributed by atoms with E-state index < -0.39 is 25.8 Å². The van der Waals surface area contributed by atoms with E-state index in [4.69, 9.17) is 4.42 Å². The molecule has 118 valence electrons. The van der Waals surface area contributed by atoms with Crippen molar-refractivity contribution in [2.45, 2.75) is 11.5 Å². The van der Waals surface area contributed by atoms with Crippen LogP contribution in [-0.4, -0.2) is 47.8 Å². The lowest BCUT2D eigenvalue weighted by Crippen LogP contribution is -2.29. The summed E-state index contributed by atoms with van der Waals surface area (Å²) in [5, 5.41) is 2.20. The molecule has 10 heteroatoms. The quantitative estimate of drug-likeness (QED) is 0.737. The molecule has 0 aromatic carbocycles. The van der Waals surface area contributed by atoms with Crippen LogP contribution in [0.3, 0.4) is 0 Å². The summed E-state index contributed by atoms with van der Waals surface area (Å²) >= 11 is 0. The van der Waals surface area contributed by atoms with Crippen LogP contribution >= 0.6 is 0 Å². The Hall–Kier alpha value is -1.39. The Morgan fingerprint density at radius 1 is 1.43 bits per heavy atom. The molecule has 1 saturated heterocycles. The number of hydrogen-bond donors (Lipinski definition) is 2. The number of nitrogens with one attached hydrogen (secondary N) is 2. The number of carbonyl (C=O) groups is 1. The van der Waals surface area contributed by atoms with E-state index in [-0.39, 0.29) is 34.8 Å². The summed E-state index contributed by atoms with van der Waals surface area (Å²) in [6, 6.07) is 2.44. The zero-order valence-electron chi connectivity index (χ0n) is 11.3. The number of amides is 1. The first kappa shape index (κ1) is 16.0. The van der Waals surface area contributed by atoms with Crippen molar-refractivity contribution in [1.82, 2.24) is 10.0 Å². The summed E-state index contributed by atoms with van der Waals surface area (Å²) in [7, 11) is -5.49. The molecular weight excluding hydrogens is 320 g/mol. The second-order valence-electron chi connectivity index (χ2n) is 4.81. The lowest BCUT2D eigenvalue weighted by Gasteiger charge is -2.08. The van der Waals surface area contributed by atoms with Crippen LogP contribution < -0.4 is 10.0 Å². The molecule has 1 aliphatic heterocycles. The summed E-state index contributed by atoms with van der Waals surface area (Å²) in [6.45, 7) is 0.215. The molecular formula is C11H16N2O6S2. The van der Waals surface area contributed by atoms with E-state index in [0.29, 0.717) is 6.42 Å². The van der Waals surface area contributed by atoms with Crippen LogP contribution in [0, 0.1) is 5.92 Å². The molecule has 1 amide bonds. The summed E-state index contributed by atoms with van der Waals surface area (Å²) < 4.78 is 52.6. The molecule has 0 bridgehead atoms. The monoisotopic (exact) mass is 336 g/mol. The molecule has 2 rings (SSSR count). The molecule has 1 aromatic rings. The topological polar surface area (TPSA) is 123 Å². The van der Waals surface area contributed by atoms with E-state index in [2.05, 4.69) is 10.0 Å². The van der Waals surface area contributed by atoms with Gasteiger partial charge in [-0.1, -0.05) is 0 Å². The lowest BCUT2D eigenvalue weighted by atomic mass is 10.1. The van der Waals surface area contributed by atoms with Crippen LogP contribution in [0.2, 0.25) is 0 Å². The van der Waals surface area contributed by atoms with Gasteiger partial charge in [-0.25, -0.2) is 21.6 Å². The van der Waals surface area contributed by atoms with E-state index in [1.54, 1.807) is 0 Å². The van der Waals surface area contributed by atoms with Gasteiger partial charge in [-0.2, -0.15) is 0 Å². The second kappa shape index (κ2) is 5.78. The molecule has 1 aliphatic rings. The average molecular weight is 336 g/mol. The third kappa shape index (κ3) is 3.83. The van der Waals surface area contributed by atoms with E-state index in [9.17, 15) is 21.6 Å². The van der Waals surface area contributed by atoms with Gasteiger partial charge in [0, 0.05) is 6.54 Å². The Kier molecular flexibility index (Phi) is 4.40. The van der Waals surface area contributed by atoms with Gasteiger partial charge in [-0.15, -0.1) is 0 Å². The zero-order valence-corrected chi connectivity index (χ0v) is 13.0. The first-order valence-electron chi connectivity index (χ1n) is 6.25. The molecule has 0 unspecified atom stereocenters. The van der Waals surface area contributed by atoms with Crippen LogP contribution in [-0.2, 0) is 19.9 Å². The van der Waals surface area contributed by atoms with Gasteiger partial charge in [0.15, 0.2) is 15.6 Å². The molecule has 0 spiro atoms. The Bertz CT molecular complexity index is 735. The molecule has 1 aromatic heterocycles. The number of hydrogen-bond acceptors (Lipinski definition) is 6. The van der Waals surface area contributed by atoms with E-state index in [1.165, 1.54) is 19.2 Å². The minimum atomic E-state index is -3.73. The van der Waals surface area contributed by atoms with Gasteiger partial charge in [0.25, 0.3) is 15.9 Å². The van der Waals surface area contributed by atoms with Crippen molar-refractivity contribution in [3.05, 3.63) is 17.9 Å². The second-order valence-corrected chi connectivity index (χ2v) is 8.85. The van der Waals surface area contributed by atoms with Crippen molar-refractivity contribution in [1.29, 1.82) is 0 Å². The molecule has 1 atom stereocenters. The lowest BCUT2D eigenvalue weighted by molar-refractivity contribution is 0.0915. The van der Waals surface area contributed by atoms with Gasteiger partial charge in [0.1, 0.15) is 0 Å². The van der Waals surface area contributed by atoms with Crippen molar-refractivity contribution in [3.8, 4) is 0 Å². The minimum Gasteiger partial charge on any atom is -0.438 e. The SMILES string of the molecule is CNS(=O)(=O)c1ccc(C(=O)NC[C@@H]2CCS(=O)(=O)C2)o1. The van der Waals surface area contributed by atoms with Gasteiger partial charge in [-0.05, 0) is 31.5 Å². The predicted octanol–water partition coefficient (Wildman–Crippen LogP) is -0.648. The fourth-order valence-electron chi connectivity index (χ4n) is 2.04. The third-order valence-electron chi connectivity index (χ3n) is 3.22. The van der Waals surface area contributed by atoms with Gasteiger partial charge in [-0.3, -0.25) is 4.79 Å². The highest BCUT2D eigenvalue weighted by Crippen LogP contribution is 2.18. The van der Waals surface area contributed by atoms with Crippen LogP contribution in [0.5, 0.6) is 0 Å². The third-order valence-corrected chi connectivity index (χ3v) is 6.34. The highest BCUT2D eigenvalue weighted by atomic mass is 32.2. The summed E-state index contributed by atoms with van der Waals surface area (Å²) in [6.07, 6.45) is 0.514. The predicted molar refractivity (Wildman–Crippen MR) is 74.0 cm³/mol. The Morgan fingerprint density at radius 3 is 2.71 bits per heavy atom. The van der Waals surface area contributed by atoms with Crippen molar-refractivity contribution < 1.29 is 26.0 Å². The molecule has 0 aliphatic carbocycles. The van der Waals surface area contributed by atoms with E-state index in [1.807, 2.05) is 0 Å². The molecule has 8 nitrogen and oxygen atoms in total. The maximum absolute atomic E-state index is 11.8. The van der Waals surface area contributed by atoms with Crippen molar-refractivity contribution in [2.75, 3.05) is 25.1 Å². The molecule has 2 N–H and O–H groups in total. The molecule has 0 radical (unpaired) electrons. The summed E-state index contributed by atoms with van der Waals surface area (Å²) in [5.74, 6) is -0.625. The van der Waals surface area contributed by atoms with Gasteiger partial charge < -0.3 is 9.73 Å². The zero-order chi connectivity index (χ0) is 15.7. The molecule has 0 saturated carbocycles. The number of carbonyl (C=O) groups excluding carboxylic acids is 1. The first-order valence-corrected chi connectivity index (χ1v) is 9.56. The fourth-order valence-corrected chi connectivity index (χ4v) is 4.55. The number of sulfonamides is 1. The summed E-state index contributed by atoms with van der Waals surface area (Å²) in [4.78, 5) is 11.8. The first-order chi connectivity index (χ1) is 9.73. The number of furan rings is 1. The normalized spacial score (nSPS) is 21.3. The Labute approximate surface area is 122 Å². The van der Waals surface area contributed by atoms with E-state index in [0.717, 1.165) is 0 Å². The maximum atomic E-state index is 11.8. The minimum absolute atomic E-state index is 0.0603. The smallest absolute Gasteiger partial charge is 0.287 e. The van der Waals surface area contributed by atoms with Crippen LogP contribution in [0.4, 0.5) is 0 Å². The standard InChI is InChI=1S/C11H16N2O6S2/c1-12-21(17,18)10-3-2-9(19-10)11(14)13-6-8-4-5-20(15,16)7-8/h2-3,8,12H,4-7H2,1H3,(H,13,14)/t8-/m0/s1. The number of sulfone groups is 1. The largest absolute Gasteiger partial charge is 0.438 e. The van der Waals surface area contributed by atoms with Crippen molar-refractivity contribution >= 4 is 25.8 Å². The van der Waals surface area contributed by atoms with Gasteiger partial charge >= 0.3 is 0 Å². The maximum Gasteiger partial charge on any atom is 0.287 e. The molecule has 2 heterocycles. The van der Waals surface area contributed by atoms with Crippen molar-refractivity contribution in [2.24, 2.45) is 5.92 Å². The van der Waals surface area contributed by atoms with Gasteiger partial charge in [0.05, 0.1) is 11.5 Å². The average Bonchev–Trinajstić information content (AvgIpc) is 3.03. The molecule has 21 heavy (non-hydrogen) atoms. The molecule has 1 fully saturated rings. The summed E-state index contributed by atoms with van der Waals surface area (Å²) in [5.41, 5.74) is 0. The van der Waals surface area contributed by atoms with Crippen LogP contribution in [0.1, 0.15) is 17.0 Å². The van der Waals surface area contributed by atoms with Crippen LogP contribution in [0.25, 0.3) is 0 Å². The Morgan fingerprint density at radius 2 is 2.14 bits per heavy atom.